The second kappa shape index (κ2) is 5.34. The minimum absolute atomic E-state index is 0.369. The molecule has 4 rings (SSSR count). The van der Waals surface area contributed by atoms with Crippen LogP contribution in [0.4, 0.5) is 0 Å². The molecule has 1 radical (unpaired) electrons. The predicted octanol–water partition coefficient (Wildman–Crippen LogP) is 5.24. The van der Waals surface area contributed by atoms with Crippen LogP contribution < -0.4 is 0 Å². The van der Waals surface area contributed by atoms with Crippen molar-refractivity contribution in [1.82, 2.24) is 4.57 Å². The molecule has 1 aliphatic carbocycles. The summed E-state index contributed by atoms with van der Waals surface area (Å²) in [5.74, 6) is 0.369. The Kier molecular flexibility index (Phi) is 3.19. The molecule has 0 N–H and O–H groups in total. The van der Waals surface area contributed by atoms with E-state index in [-0.39, 0.29) is 0 Å². The number of benzene rings is 2. The summed E-state index contributed by atoms with van der Waals surface area (Å²) in [6.07, 6.45) is 11.1. The predicted molar refractivity (Wildman–Crippen MR) is 92.8 cm³/mol. The van der Waals surface area contributed by atoms with Crippen LogP contribution in [-0.2, 0) is 0 Å². The standard InChI is InChI=1S/C21H18N/c1-16-7-12-21-19(15-16)13-14-22(21)20-10-8-18(9-11-20)17-5-3-2-4-6-17/h2-15,18H,1H3. The molecule has 1 aromatic heterocycles. The zero-order valence-corrected chi connectivity index (χ0v) is 12.6. The van der Waals surface area contributed by atoms with Crippen molar-refractivity contribution in [2.45, 2.75) is 12.8 Å². The molecule has 0 saturated carbocycles. The Hall–Kier alpha value is -2.54. The highest BCUT2D eigenvalue weighted by molar-refractivity contribution is 5.82. The zero-order valence-electron chi connectivity index (χ0n) is 12.6. The van der Waals surface area contributed by atoms with Gasteiger partial charge in [-0.1, -0.05) is 66.3 Å². The smallest absolute Gasteiger partial charge is 0.112 e. The summed E-state index contributed by atoms with van der Waals surface area (Å²) in [7, 11) is 0. The highest BCUT2D eigenvalue weighted by atomic mass is 15.0. The van der Waals surface area contributed by atoms with Gasteiger partial charge in [-0.2, -0.15) is 0 Å². The van der Waals surface area contributed by atoms with Crippen molar-refractivity contribution in [3.63, 3.8) is 0 Å². The molecule has 2 aromatic carbocycles. The summed E-state index contributed by atoms with van der Waals surface area (Å²) in [6, 6.07) is 20.6. The van der Waals surface area contributed by atoms with Gasteiger partial charge < -0.3 is 4.57 Å². The average molecular weight is 284 g/mol. The Balaban J connectivity index is 1.64. The van der Waals surface area contributed by atoms with E-state index in [1.165, 1.54) is 28.1 Å². The van der Waals surface area contributed by atoms with Crippen molar-refractivity contribution in [3.05, 3.63) is 102 Å². The first kappa shape index (κ1) is 13.1. The van der Waals surface area contributed by atoms with Gasteiger partial charge in [0.15, 0.2) is 0 Å². The van der Waals surface area contributed by atoms with Gasteiger partial charge in [0.05, 0.1) is 0 Å². The van der Waals surface area contributed by atoms with Crippen molar-refractivity contribution in [1.29, 1.82) is 0 Å². The summed E-state index contributed by atoms with van der Waals surface area (Å²) in [5, 5.41) is 1.29. The van der Waals surface area contributed by atoms with Crippen molar-refractivity contribution in [3.8, 4) is 0 Å². The van der Waals surface area contributed by atoms with Crippen LogP contribution in [0.15, 0.2) is 85.1 Å². The first-order chi connectivity index (χ1) is 10.8. The van der Waals surface area contributed by atoms with Crippen LogP contribution in [-0.4, -0.2) is 4.57 Å². The average Bonchev–Trinajstić information content (AvgIpc) is 2.99. The van der Waals surface area contributed by atoms with Gasteiger partial charge >= 0.3 is 0 Å². The lowest BCUT2D eigenvalue weighted by molar-refractivity contribution is 0.921. The third kappa shape index (κ3) is 2.29. The van der Waals surface area contributed by atoms with Crippen LogP contribution in [0.3, 0.4) is 0 Å². The van der Waals surface area contributed by atoms with Crippen LogP contribution in [0.1, 0.15) is 17.0 Å². The van der Waals surface area contributed by atoms with Gasteiger partial charge in [-0.15, -0.1) is 0 Å². The molecule has 0 atom stereocenters. The Morgan fingerprint density at radius 2 is 1.64 bits per heavy atom. The van der Waals surface area contributed by atoms with Gasteiger partial charge in [-0.3, -0.25) is 0 Å². The Morgan fingerprint density at radius 3 is 2.41 bits per heavy atom. The minimum atomic E-state index is 0.369. The lowest BCUT2D eigenvalue weighted by Gasteiger charge is -2.18. The van der Waals surface area contributed by atoms with E-state index in [4.69, 9.17) is 0 Å². The fourth-order valence-corrected chi connectivity index (χ4v) is 3.07. The molecule has 0 aliphatic heterocycles. The van der Waals surface area contributed by atoms with E-state index in [9.17, 15) is 0 Å². The molecule has 3 aromatic rings. The maximum Gasteiger partial charge on any atom is 0.112 e. The van der Waals surface area contributed by atoms with Crippen LogP contribution >= 0.6 is 0 Å². The van der Waals surface area contributed by atoms with E-state index < -0.39 is 0 Å². The van der Waals surface area contributed by atoms with E-state index in [1.54, 1.807) is 0 Å². The van der Waals surface area contributed by atoms with Crippen molar-refractivity contribution in [2.24, 2.45) is 0 Å². The van der Waals surface area contributed by atoms with Crippen molar-refractivity contribution < 1.29 is 0 Å². The molecular weight excluding hydrogens is 266 g/mol. The minimum Gasteiger partial charge on any atom is -0.331 e. The quantitative estimate of drug-likeness (QED) is 0.606. The third-order valence-corrected chi connectivity index (χ3v) is 4.26. The van der Waals surface area contributed by atoms with E-state index in [1.807, 2.05) is 0 Å². The van der Waals surface area contributed by atoms with Gasteiger partial charge in [0.2, 0.25) is 0 Å². The van der Waals surface area contributed by atoms with Gasteiger partial charge in [0, 0.05) is 17.6 Å². The summed E-state index contributed by atoms with van der Waals surface area (Å²) >= 11 is 0. The number of aryl methyl sites for hydroxylation is 1. The molecule has 0 fully saturated rings. The van der Waals surface area contributed by atoms with Gasteiger partial charge in [-0.05, 0) is 36.1 Å². The highest BCUT2D eigenvalue weighted by Crippen LogP contribution is 2.29. The normalized spacial score (nSPS) is 15.7. The number of nitrogens with zero attached hydrogens (tertiary/aromatic N) is 1. The molecule has 1 aliphatic rings. The lowest BCUT2D eigenvalue weighted by atomic mass is 9.93. The summed E-state index contributed by atoms with van der Waals surface area (Å²) in [6.45, 7) is 2.13. The second-order valence-electron chi connectivity index (χ2n) is 5.83. The molecule has 1 heteroatoms. The summed E-state index contributed by atoms with van der Waals surface area (Å²) in [4.78, 5) is 0. The monoisotopic (exact) mass is 284 g/mol. The van der Waals surface area contributed by atoms with Crippen molar-refractivity contribution in [2.75, 3.05) is 0 Å². The van der Waals surface area contributed by atoms with Gasteiger partial charge in [0.1, 0.15) is 6.04 Å². The number of aromatic nitrogens is 1. The second-order valence-corrected chi connectivity index (χ2v) is 5.83. The fourth-order valence-electron chi connectivity index (χ4n) is 3.07. The topological polar surface area (TPSA) is 4.93 Å². The molecule has 0 spiro atoms. The molecule has 22 heavy (non-hydrogen) atoms. The van der Waals surface area contributed by atoms with Crippen molar-refractivity contribution >= 4 is 10.9 Å². The fraction of sp³-hybridized carbons (Fsp3) is 0.0952. The largest absolute Gasteiger partial charge is 0.331 e. The number of hydrogen-bond donors (Lipinski definition) is 0. The van der Waals surface area contributed by atoms with Crippen LogP contribution in [0, 0.1) is 13.0 Å². The molecule has 1 heterocycles. The number of fused-ring (bicyclic) bond motifs is 1. The molecule has 0 amide bonds. The third-order valence-electron chi connectivity index (χ3n) is 4.26. The number of hydrogen-bond acceptors (Lipinski definition) is 0. The zero-order chi connectivity index (χ0) is 14.9. The Bertz CT molecular complexity index is 838. The summed E-state index contributed by atoms with van der Waals surface area (Å²) < 4.78 is 2.25. The first-order valence-corrected chi connectivity index (χ1v) is 7.68. The Morgan fingerprint density at radius 1 is 0.864 bits per heavy atom. The summed E-state index contributed by atoms with van der Waals surface area (Å²) in [5.41, 5.74) is 3.89. The number of rotatable bonds is 2. The van der Waals surface area contributed by atoms with Crippen LogP contribution in [0.25, 0.3) is 10.9 Å². The lowest BCUT2D eigenvalue weighted by Crippen LogP contribution is -2.07. The SMILES string of the molecule is Cc1ccc2c(ccn2[C]2C=CC(c3ccccc3)C=C2)c1. The molecule has 0 bridgehead atoms. The molecule has 0 saturated heterocycles. The first-order valence-electron chi connectivity index (χ1n) is 7.68. The molecular formula is C21H18N. The van der Waals surface area contributed by atoms with Crippen LogP contribution in [0.5, 0.6) is 0 Å². The number of allylic oxidation sites excluding steroid dienone is 4. The van der Waals surface area contributed by atoms with Gasteiger partial charge in [-0.25, -0.2) is 0 Å². The maximum atomic E-state index is 2.27. The van der Waals surface area contributed by atoms with E-state index in [0.29, 0.717) is 5.92 Å². The molecule has 107 valence electrons. The Labute approximate surface area is 131 Å². The molecule has 0 unspecified atom stereocenters. The van der Waals surface area contributed by atoms with Crippen LogP contribution in [0.2, 0.25) is 0 Å². The van der Waals surface area contributed by atoms with E-state index in [0.717, 1.165) is 0 Å². The maximum absolute atomic E-state index is 2.27. The van der Waals surface area contributed by atoms with E-state index >= 15 is 0 Å². The van der Waals surface area contributed by atoms with Gasteiger partial charge in [0.25, 0.3) is 0 Å². The van der Waals surface area contributed by atoms with E-state index in [2.05, 4.69) is 96.6 Å². The molecule has 1 nitrogen and oxygen atoms in total. The highest BCUT2D eigenvalue weighted by Gasteiger charge is 2.14.